The minimum atomic E-state index is -0.103. The van der Waals surface area contributed by atoms with Crippen LogP contribution in [0.25, 0.3) is 0 Å². The molecule has 0 aromatic carbocycles. The van der Waals surface area contributed by atoms with Gasteiger partial charge in [-0.15, -0.1) is 0 Å². The van der Waals surface area contributed by atoms with Gasteiger partial charge in [-0.25, -0.2) is 15.0 Å². The zero-order valence-electron chi connectivity index (χ0n) is 14.1. The number of hydrogen-bond donors (Lipinski definition) is 0. The molecule has 8 heteroatoms. The van der Waals surface area contributed by atoms with E-state index in [2.05, 4.69) is 24.8 Å². The zero-order valence-corrected chi connectivity index (χ0v) is 14.1. The minimum absolute atomic E-state index is 0.0315. The van der Waals surface area contributed by atoms with E-state index >= 15 is 0 Å². The minimum Gasteiger partial charge on any atom is -0.378 e. The van der Waals surface area contributed by atoms with Crippen LogP contribution >= 0.6 is 0 Å². The van der Waals surface area contributed by atoms with E-state index in [1.165, 1.54) is 12.4 Å². The second kappa shape index (κ2) is 6.72. The fourth-order valence-corrected chi connectivity index (χ4v) is 3.19. The summed E-state index contributed by atoms with van der Waals surface area (Å²) >= 11 is 0. The van der Waals surface area contributed by atoms with Crippen LogP contribution in [0.15, 0.2) is 24.7 Å². The highest BCUT2D eigenvalue weighted by Gasteiger charge is 2.36. The number of hydrogen-bond acceptors (Lipinski definition) is 7. The van der Waals surface area contributed by atoms with Crippen molar-refractivity contribution in [1.82, 2.24) is 24.8 Å². The lowest BCUT2D eigenvalue weighted by atomic mass is 9.98. The van der Waals surface area contributed by atoms with Crippen molar-refractivity contribution in [2.75, 3.05) is 37.7 Å². The Morgan fingerprint density at radius 2 is 2.04 bits per heavy atom. The van der Waals surface area contributed by atoms with Crippen molar-refractivity contribution in [2.45, 2.75) is 19.4 Å². The fourth-order valence-electron chi connectivity index (χ4n) is 3.19. The van der Waals surface area contributed by atoms with Crippen LogP contribution in [-0.4, -0.2) is 63.6 Å². The molecule has 4 rings (SSSR count). The lowest BCUT2D eigenvalue weighted by molar-refractivity contribution is 0.0443. The molecule has 2 aromatic heterocycles. The third kappa shape index (κ3) is 3.17. The standard InChI is InChI=1S/C17H20N6O2/c1-12-20-13(10-16(21-12)22-6-8-25-9-7-22)15-2-5-23(15)17(24)14-11-18-3-4-19-14/h3-4,10-11,15H,2,5-9H2,1H3. The molecule has 25 heavy (non-hydrogen) atoms. The fraction of sp³-hybridized carbons (Fsp3) is 0.471. The van der Waals surface area contributed by atoms with Gasteiger partial charge in [0, 0.05) is 38.1 Å². The first-order chi connectivity index (χ1) is 12.2. The average molecular weight is 340 g/mol. The number of anilines is 1. The number of likely N-dealkylation sites (tertiary alicyclic amines) is 1. The van der Waals surface area contributed by atoms with E-state index in [1.54, 1.807) is 11.1 Å². The molecule has 1 amide bonds. The Morgan fingerprint density at radius 3 is 2.72 bits per heavy atom. The number of aryl methyl sites for hydroxylation is 1. The Hall–Kier alpha value is -2.61. The van der Waals surface area contributed by atoms with Gasteiger partial charge in [-0.1, -0.05) is 0 Å². The van der Waals surface area contributed by atoms with Gasteiger partial charge in [-0.05, 0) is 13.3 Å². The lowest BCUT2D eigenvalue weighted by Crippen LogP contribution is -2.46. The van der Waals surface area contributed by atoms with Gasteiger partial charge in [0.25, 0.3) is 5.91 Å². The molecule has 4 heterocycles. The van der Waals surface area contributed by atoms with Crippen molar-refractivity contribution in [3.63, 3.8) is 0 Å². The molecule has 2 fully saturated rings. The van der Waals surface area contributed by atoms with Crippen molar-refractivity contribution in [2.24, 2.45) is 0 Å². The summed E-state index contributed by atoms with van der Waals surface area (Å²) in [4.78, 5) is 33.9. The van der Waals surface area contributed by atoms with E-state index in [4.69, 9.17) is 4.74 Å². The number of ether oxygens (including phenoxy) is 1. The topological polar surface area (TPSA) is 84.3 Å². The Bertz CT molecular complexity index is 763. The summed E-state index contributed by atoms with van der Waals surface area (Å²) in [5.74, 6) is 1.52. The molecule has 2 aliphatic rings. The third-order valence-electron chi connectivity index (χ3n) is 4.58. The summed E-state index contributed by atoms with van der Waals surface area (Å²) in [5, 5.41) is 0. The Labute approximate surface area is 145 Å². The molecule has 2 saturated heterocycles. The number of amides is 1. The molecule has 8 nitrogen and oxygen atoms in total. The highest BCUT2D eigenvalue weighted by atomic mass is 16.5. The summed E-state index contributed by atoms with van der Waals surface area (Å²) < 4.78 is 5.41. The van der Waals surface area contributed by atoms with Gasteiger partial charge < -0.3 is 14.5 Å². The van der Waals surface area contributed by atoms with Crippen molar-refractivity contribution in [1.29, 1.82) is 0 Å². The highest BCUT2D eigenvalue weighted by Crippen LogP contribution is 2.34. The molecule has 0 bridgehead atoms. The maximum atomic E-state index is 12.6. The largest absolute Gasteiger partial charge is 0.378 e. The lowest BCUT2D eigenvalue weighted by Gasteiger charge is -2.40. The van der Waals surface area contributed by atoms with Crippen LogP contribution in [0.4, 0.5) is 5.82 Å². The molecule has 2 aromatic rings. The average Bonchev–Trinajstić information content (AvgIpc) is 2.62. The van der Waals surface area contributed by atoms with Crippen molar-refractivity contribution in [3.05, 3.63) is 41.9 Å². The number of nitrogens with zero attached hydrogens (tertiary/aromatic N) is 6. The van der Waals surface area contributed by atoms with Crippen LogP contribution in [-0.2, 0) is 4.74 Å². The molecule has 130 valence electrons. The van der Waals surface area contributed by atoms with E-state index in [0.29, 0.717) is 25.5 Å². The second-order valence-electron chi connectivity index (χ2n) is 6.19. The van der Waals surface area contributed by atoms with Crippen molar-refractivity contribution < 1.29 is 9.53 Å². The van der Waals surface area contributed by atoms with Crippen LogP contribution in [0.5, 0.6) is 0 Å². The van der Waals surface area contributed by atoms with Crippen LogP contribution in [0.1, 0.15) is 34.5 Å². The first-order valence-electron chi connectivity index (χ1n) is 8.47. The zero-order chi connectivity index (χ0) is 17.2. The third-order valence-corrected chi connectivity index (χ3v) is 4.58. The number of morpholine rings is 1. The maximum absolute atomic E-state index is 12.6. The van der Waals surface area contributed by atoms with Gasteiger partial charge >= 0.3 is 0 Å². The molecular weight excluding hydrogens is 320 g/mol. The summed E-state index contributed by atoms with van der Waals surface area (Å²) in [6, 6.07) is 1.97. The van der Waals surface area contributed by atoms with E-state index in [0.717, 1.165) is 36.8 Å². The summed E-state index contributed by atoms with van der Waals surface area (Å²) in [5.41, 5.74) is 1.25. The van der Waals surface area contributed by atoms with Gasteiger partial charge in [0.05, 0.1) is 31.1 Å². The molecule has 0 saturated carbocycles. The number of aromatic nitrogens is 4. The van der Waals surface area contributed by atoms with Gasteiger partial charge in [-0.3, -0.25) is 9.78 Å². The predicted octanol–water partition coefficient (Wildman–Crippen LogP) is 0.999. The van der Waals surface area contributed by atoms with Gasteiger partial charge in [0.2, 0.25) is 0 Å². The summed E-state index contributed by atoms with van der Waals surface area (Å²) in [7, 11) is 0. The number of carbonyl (C=O) groups excluding carboxylic acids is 1. The van der Waals surface area contributed by atoms with Crippen LogP contribution in [0.2, 0.25) is 0 Å². The van der Waals surface area contributed by atoms with Crippen molar-refractivity contribution in [3.8, 4) is 0 Å². The monoisotopic (exact) mass is 340 g/mol. The molecule has 0 radical (unpaired) electrons. The molecule has 1 unspecified atom stereocenters. The summed E-state index contributed by atoms with van der Waals surface area (Å²) in [6.07, 6.45) is 5.49. The predicted molar refractivity (Wildman–Crippen MR) is 90.2 cm³/mol. The first-order valence-corrected chi connectivity index (χ1v) is 8.47. The quantitative estimate of drug-likeness (QED) is 0.824. The summed E-state index contributed by atoms with van der Waals surface area (Å²) in [6.45, 7) is 5.65. The molecule has 0 aliphatic carbocycles. The van der Waals surface area contributed by atoms with E-state index < -0.39 is 0 Å². The van der Waals surface area contributed by atoms with E-state index in [-0.39, 0.29) is 11.9 Å². The molecule has 1 atom stereocenters. The highest BCUT2D eigenvalue weighted by molar-refractivity contribution is 5.92. The van der Waals surface area contributed by atoms with Crippen LogP contribution in [0.3, 0.4) is 0 Å². The Morgan fingerprint density at radius 1 is 1.20 bits per heavy atom. The van der Waals surface area contributed by atoms with E-state index in [1.807, 2.05) is 13.0 Å². The maximum Gasteiger partial charge on any atom is 0.274 e. The molecule has 0 spiro atoms. The van der Waals surface area contributed by atoms with E-state index in [9.17, 15) is 4.79 Å². The molecule has 0 N–H and O–H groups in total. The SMILES string of the molecule is Cc1nc(C2CCN2C(=O)c2cnccn2)cc(N2CCOCC2)n1. The molecular formula is C17H20N6O2. The van der Waals surface area contributed by atoms with Crippen LogP contribution in [0, 0.1) is 6.92 Å². The van der Waals surface area contributed by atoms with Crippen LogP contribution < -0.4 is 4.90 Å². The Balaban J connectivity index is 1.57. The van der Waals surface area contributed by atoms with Gasteiger partial charge in [0.1, 0.15) is 17.3 Å². The number of carbonyl (C=O) groups is 1. The molecule has 2 aliphatic heterocycles. The van der Waals surface area contributed by atoms with Crippen molar-refractivity contribution >= 4 is 11.7 Å². The van der Waals surface area contributed by atoms with Gasteiger partial charge in [0.15, 0.2) is 0 Å². The smallest absolute Gasteiger partial charge is 0.274 e. The second-order valence-corrected chi connectivity index (χ2v) is 6.19. The Kier molecular flexibility index (Phi) is 4.27. The normalized spacial score (nSPS) is 20.3. The number of rotatable bonds is 3. The first kappa shape index (κ1) is 15.9. The van der Waals surface area contributed by atoms with Gasteiger partial charge in [-0.2, -0.15) is 0 Å².